The van der Waals surface area contributed by atoms with Gasteiger partial charge in [-0.2, -0.15) is 8.42 Å². The SMILES string of the molecule is C=CCOC(C)C(O)CS(=O)(=O)O.[NaH]. The Morgan fingerprint density at radius 1 is 1.57 bits per heavy atom. The summed E-state index contributed by atoms with van der Waals surface area (Å²) < 4.78 is 34.0. The summed E-state index contributed by atoms with van der Waals surface area (Å²) in [5.41, 5.74) is 0. The Hall–Kier alpha value is 0.570. The summed E-state index contributed by atoms with van der Waals surface area (Å²) >= 11 is 0. The molecule has 0 saturated heterocycles. The van der Waals surface area contributed by atoms with E-state index in [0.717, 1.165) is 0 Å². The van der Waals surface area contributed by atoms with Gasteiger partial charge in [0.25, 0.3) is 10.1 Å². The topological polar surface area (TPSA) is 83.8 Å². The van der Waals surface area contributed by atoms with Crippen LogP contribution in [0.5, 0.6) is 0 Å². The van der Waals surface area contributed by atoms with Crippen LogP contribution >= 0.6 is 0 Å². The minimum atomic E-state index is -4.15. The van der Waals surface area contributed by atoms with E-state index < -0.39 is 28.1 Å². The van der Waals surface area contributed by atoms with Crippen LogP contribution in [0.15, 0.2) is 12.7 Å². The van der Waals surface area contributed by atoms with Crippen LogP contribution in [0.25, 0.3) is 0 Å². The van der Waals surface area contributed by atoms with Crippen molar-refractivity contribution in [3.05, 3.63) is 12.7 Å². The van der Waals surface area contributed by atoms with Crippen LogP contribution in [-0.4, -0.2) is 72.2 Å². The van der Waals surface area contributed by atoms with E-state index in [0.29, 0.717) is 0 Å². The van der Waals surface area contributed by atoms with Crippen LogP contribution in [0.1, 0.15) is 6.92 Å². The zero-order valence-electron chi connectivity index (χ0n) is 7.38. The molecule has 0 aliphatic carbocycles. The Morgan fingerprint density at radius 2 is 2.07 bits per heavy atom. The molecule has 0 rings (SSSR count). The molecule has 0 radical (unpaired) electrons. The van der Waals surface area contributed by atoms with Gasteiger partial charge in [-0.3, -0.25) is 4.55 Å². The van der Waals surface area contributed by atoms with Crippen molar-refractivity contribution in [1.82, 2.24) is 0 Å². The van der Waals surface area contributed by atoms with Gasteiger partial charge in [0.15, 0.2) is 0 Å². The van der Waals surface area contributed by atoms with Gasteiger partial charge in [-0.05, 0) is 6.92 Å². The first-order valence-electron chi connectivity index (χ1n) is 3.72. The molecule has 0 aromatic carbocycles. The van der Waals surface area contributed by atoms with Crippen molar-refractivity contribution >= 4 is 39.7 Å². The summed E-state index contributed by atoms with van der Waals surface area (Å²) in [4.78, 5) is 0. The Balaban J connectivity index is 0. The van der Waals surface area contributed by atoms with Gasteiger partial charge < -0.3 is 9.84 Å². The Kier molecular flexibility index (Phi) is 9.47. The molecule has 0 aromatic rings. The molecule has 5 nitrogen and oxygen atoms in total. The van der Waals surface area contributed by atoms with Crippen molar-refractivity contribution in [2.45, 2.75) is 19.1 Å². The average molecular weight is 234 g/mol. The molecule has 0 amide bonds. The number of hydrogen-bond donors (Lipinski definition) is 2. The molecule has 2 unspecified atom stereocenters. The molecule has 0 saturated carbocycles. The van der Waals surface area contributed by atoms with Crippen molar-refractivity contribution in [2.75, 3.05) is 12.4 Å². The van der Waals surface area contributed by atoms with E-state index in [9.17, 15) is 13.5 Å². The molecule has 14 heavy (non-hydrogen) atoms. The van der Waals surface area contributed by atoms with Gasteiger partial charge in [-0.15, -0.1) is 6.58 Å². The molecular weight excluding hydrogens is 219 g/mol. The molecule has 0 bridgehead atoms. The number of aliphatic hydroxyl groups excluding tert-OH is 1. The van der Waals surface area contributed by atoms with Crippen molar-refractivity contribution in [3.63, 3.8) is 0 Å². The Morgan fingerprint density at radius 3 is 2.43 bits per heavy atom. The molecule has 0 aliphatic rings. The van der Waals surface area contributed by atoms with Crippen molar-refractivity contribution in [3.8, 4) is 0 Å². The van der Waals surface area contributed by atoms with E-state index >= 15 is 0 Å². The van der Waals surface area contributed by atoms with E-state index in [1.807, 2.05) is 0 Å². The summed E-state index contributed by atoms with van der Waals surface area (Å²) in [5, 5.41) is 9.18. The Labute approximate surface area is 106 Å². The summed E-state index contributed by atoms with van der Waals surface area (Å²) in [5.74, 6) is -0.717. The quantitative estimate of drug-likeness (QED) is 0.356. The molecule has 0 aliphatic heterocycles. The standard InChI is InChI=1S/C7H14O5S.Na.H/c1-3-4-12-6(2)7(8)5-13(9,10)11;;/h3,6-8H,1,4-5H2,2H3,(H,9,10,11);;. The predicted molar refractivity (Wildman–Crippen MR) is 55.2 cm³/mol. The molecule has 2 atom stereocenters. The summed E-state index contributed by atoms with van der Waals surface area (Å²) in [7, 11) is -4.15. The van der Waals surface area contributed by atoms with Gasteiger partial charge >= 0.3 is 29.6 Å². The fraction of sp³-hybridized carbons (Fsp3) is 0.714. The van der Waals surface area contributed by atoms with Crippen LogP contribution in [0.4, 0.5) is 0 Å². The first-order valence-corrected chi connectivity index (χ1v) is 5.33. The molecule has 2 N–H and O–H groups in total. The zero-order chi connectivity index (χ0) is 10.5. The second kappa shape index (κ2) is 7.81. The predicted octanol–water partition coefficient (Wildman–Crippen LogP) is -0.822. The molecule has 80 valence electrons. The average Bonchev–Trinajstić information content (AvgIpc) is 1.96. The molecule has 0 fully saturated rings. The van der Waals surface area contributed by atoms with Crippen molar-refractivity contribution in [2.24, 2.45) is 0 Å². The summed E-state index contributed by atoms with van der Waals surface area (Å²) in [6.45, 7) is 5.13. The minimum absolute atomic E-state index is 0. The van der Waals surface area contributed by atoms with Crippen molar-refractivity contribution < 1.29 is 22.8 Å². The van der Waals surface area contributed by atoms with Gasteiger partial charge in [0, 0.05) is 0 Å². The number of hydrogen-bond acceptors (Lipinski definition) is 4. The van der Waals surface area contributed by atoms with Gasteiger partial charge in [-0.1, -0.05) is 6.08 Å². The second-order valence-corrected chi connectivity index (χ2v) is 4.14. The first-order chi connectivity index (χ1) is 5.87. The van der Waals surface area contributed by atoms with Crippen LogP contribution in [0.3, 0.4) is 0 Å². The number of aliphatic hydroxyl groups is 1. The summed E-state index contributed by atoms with van der Waals surface area (Å²) in [6, 6.07) is 0. The molecular formula is C7H15NaO5S. The fourth-order valence-electron chi connectivity index (χ4n) is 0.682. The van der Waals surface area contributed by atoms with Crippen LogP contribution in [0.2, 0.25) is 0 Å². The second-order valence-electron chi connectivity index (χ2n) is 2.64. The maximum absolute atomic E-state index is 10.3. The third-order valence-electron chi connectivity index (χ3n) is 1.40. The molecule has 0 spiro atoms. The van der Waals surface area contributed by atoms with Gasteiger partial charge in [-0.25, -0.2) is 0 Å². The Bertz CT molecular complexity index is 251. The zero-order valence-corrected chi connectivity index (χ0v) is 8.20. The summed E-state index contributed by atoms with van der Waals surface area (Å²) in [6.07, 6.45) is -0.397. The third kappa shape index (κ3) is 9.14. The molecule has 0 heterocycles. The number of ether oxygens (including phenoxy) is 1. The van der Waals surface area contributed by atoms with Crippen molar-refractivity contribution in [1.29, 1.82) is 0 Å². The first kappa shape index (κ1) is 17.0. The van der Waals surface area contributed by atoms with E-state index in [-0.39, 0.29) is 36.2 Å². The number of rotatable bonds is 6. The van der Waals surface area contributed by atoms with Gasteiger partial charge in [0.2, 0.25) is 0 Å². The van der Waals surface area contributed by atoms with Crippen LogP contribution < -0.4 is 0 Å². The monoisotopic (exact) mass is 234 g/mol. The maximum atomic E-state index is 10.3. The van der Waals surface area contributed by atoms with Gasteiger partial charge in [0.1, 0.15) is 5.75 Å². The van der Waals surface area contributed by atoms with E-state index in [2.05, 4.69) is 6.58 Å². The third-order valence-corrected chi connectivity index (χ3v) is 2.16. The molecule has 7 heteroatoms. The van der Waals surface area contributed by atoms with E-state index in [1.54, 1.807) is 0 Å². The van der Waals surface area contributed by atoms with Gasteiger partial charge in [0.05, 0.1) is 18.8 Å². The van der Waals surface area contributed by atoms with Crippen LogP contribution in [-0.2, 0) is 14.9 Å². The molecule has 0 aromatic heterocycles. The van der Waals surface area contributed by atoms with Crippen LogP contribution in [0, 0.1) is 0 Å². The van der Waals surface area contributed by atoms with E-state index in [4.69, 9.17) is 9.29 Å². The normalized spacial score (nSPS) is 15.4. The van der Waals surface area contributed by atoms with E-state index in [1.165, 1.54) is 13.0 Å². The fourth-order valence-corrected chi connectivity index (χ4v) is 1.38.